The Hall–Kier alpha value is -2.79. The summed E-state index contributed by atoms with van der Waals surface area (Å²) in [5.74, 6) is 2.74. The van der Waals surface area contributed by atoms with Gasteiger partial charge in [0.1, 0.15) is 0 Å². The highest BCUT2D eigenvalue weighted by Crippen LogP contribution is 2.27. The monoisotopic (exact) mass is 286 g/mol. The van der Waals surface area contributed by atoms with Gasteiger partial charge in [-0.05, 0) is 37.1 Å². The highest BCUT2D eigenvalue weighted by molar-refractivity contribution is 5.92. The number of fused-ring (bicyclic) bond motifs is 1. The first-order valence-electron chi connectivity index (χ1n) is 7.33. The molecule has 0 radical (unpaired) electrons. The zero-order valence-electron chi connectivity index (χ0n) is 12.9. The largest absolute Gasteiger partial charge is 0.331 e. The quantitative estimate of drug-likeness (QED) is 0.650. The maximum Gasteiger partial charge on any atom is 0.0873 e. The van der Waals surface area contributed by atoms with E-state index in [1.807, 2.05) is 24.4 Å². The Kier molecular flexibility index (Phi) is 3.80. The molecule has 2 heteroatoms. The number of hydrogen-bond donors (Lipinski definition) is 0. The van der Waals surface area contributed by atoms with Crippen LogP contribution in [0.2, 0.25) is 0 Å². The molecule has 0 bridgehead atoms. The minimum absolute atomic E-state index is 0.564. The summed E-state index contributed by atoms with van der Waals surface area (Å²) in [5, 5.41) is 1.22. The van der Waals surface area contributed by atoms with Gasteiger partial charge in [0.15, 0.2) is 0 Å². The Balaban J connectivity index is 2.16. The molecule has 0 unspecified atom stereocenters. The standard InChI is InChI=1S/C20H18N2/c1-4-14-22-16(3)15(2)18-12-13-21-19(20(18)22)11-10-17-8-6-5-7-9-17/h1,5-13H,14H2,2-3H3. The lowest BCUT2D eigenvalue weighted by molar-refractivity contribution is 0.839. The van der Waals surface area contributed by atoms with Gasteiger partial charge < -0.3 is 4.57 Å². The van der Waals surface area contributed by atoms with E-state index in [0.717, 1.165) is 16.8 Å². The van der Waals surface area contributed by atoms with Crippen LogP contribution in [0.5, 0.6) is 0 Å². The van der Waals surface area contributed by atoms with Crippen molar-refractivity contribution in [3.63, 3.8) is 0 Å². The zero-order chi connectivity index (χ0) is 15.5. The molecule has 0 atom stereocenters. The molecule has 0 amide bonds. The summed E-state index contributed by atoms with van der Waals surface area (Å²) in [5.41, 5.74) is 5.69. The third-order valence-electron chi connectivity index (χ3n) is 4.06. The van der Waals surface area contributed by atoms with Gasteiger partial charge in [0.05, 0.1) is 17.8 Å². The van der Waals surface area contributed by atoms with Crippen LogP contribution < -0.4 is 0 Å². The average molecular weight is 286 g/mol. The first kappa shape index (κ1) is 14.2. The van der Waals surface area contributed by atoms with Crippen LogP contribution in [0.15, 0.2) is 42.6 Å². The summed E-state index contributed by atoms with van der Waals surface area (Å²) < 4.78 is 2.17. The first-order valence-corrected chi connectivity index (χ1v) is 7.33. The number of aromatic nitrogens is 2. The molecular weight excluding hydrogens is 268 g/mol. The maximum absolute atomic E-state index is 5.54. The van der Waals surface area contributed by atoms with Crippen LogP contribution in [0.4, 0.5) is 0 Å². The normalized spacial score (nSPS) is 11.1. The molecule has 0 saturated carbocycles. The lowest BCUT2D eigenvalue weighted by Crippen LogP contribution is -2.00. The Morgan fingerprint density at radius 3 is 2.64 bits per heavy atom. The summed E-state index contributed by atoms with van der Waals surface area (Å²) in [6.07, 6.45) is 11.5. The van der Waals surface area contributed by atoms with Crippen LogP contribution in [-0.4, -0.2) is 9.55 Å². The predicted octanol–water partition coefficient (Wildman–Crippen LogP) is 4.46. The molecule has 3 aromatic rings. The third kappa shape index (κ3) is 2.42. The lowest BCUT2D eigenvalue weighted by atomic mass is 10.1. The minimum atomic E-state index is 0.564. The molecule has 0 spiro atoms. The van der Waals surface area contributed by atoms with E-state index in [1.165, 1.54) is 16.6 Å². The topological polar surface area (TPSA) is 17.8 Å². The van der Waals surface area contributed by atoms with Gasteiger partial charge in [0.2, 0.25) is 0 Å². The average Bonchev–Trinajstić information content (AvgIpc) is 2.80. The van der Waals surface area contributed by atoms with Crippen LogP contribution in [0, 0.1) is 26.2 Å². The second-order valence-electron chi connectivity index (χ2n) is 5.34. The van der Waals surface area contributed by atoms with Crippen molar-refractivity contribution in [2.45, 2.75) is 20.4 Å². The number of terminal acetylenes is 1. The van der Waals surface area contributed by atoms with Crippen molar-refractivity contribution < 1.29 is 0 Å². The van der Waals surface area contributed by atoms with Gasteiger partial charge >= 0.3 is 0 Å². The SMILES string of the molecule is C#CCn1c(C)c(C)c2ccnc(C=Cc3ccccc3)c21. The molecule has 0 N–H and O–H groups in total. The van der Waals surface area contributed by atoms with Gasteiger partial charge in [-0.1, -0.05) is 42.3 Å². The van der Waals surface area contributed by atoms with E-state index in [0.29, 0.717) is 6.54 Å². The van der Waals surface area contributed by atoms with Crippen LogP contribution >= 0.6 is 0 Å². The fourth-order valence-electron chi connectivity index (χ4n) is 2.77. The van der Waals surface area contributed by atoms with E-state index in [9.17, 15) is 0 Å². The molecular formula is C20H18N2. The summed E-state index contributed by atoms with van der Waals surface area (Å²) in [4.78, 5) is 4.54. The fourth-order valence-corrected chi connectivity index (χ4v) is 2.77. The molecule has 22 heavy (non-hydrogen) atoms. The fraction of sp³-hybridized carbons (Fsp3) is 0.150. The molecule has 2 aromatic heterocycles. The van der Waals surface area contributed by atoms with Gasteiger partial charge in [0, 0.05) is 17.3 Å². The van der Waals surface area contributed by atoms with E-state index >= 15 is 0 Å². The molecule has 3 rings (SSSR count). The van der Waals surface area contributed by atoms with E-state index in [4.69, 9.17) is 6.42 Å². The zero-order valence-corrected chi connectivity index (χ0v) is 12.9. The third-order valence-corrected chi connectivity index (χ3v) is 4.06. The van der Waals surface area contributed by atoms with E-state index in [1.54, 1.807) is 0 Å². The number of pyridine rings is 1. The van der Waals surface area contributed by atoms with E-state index in [2.05, 4.69) is 59.7 Å². The van der Waals surface area contributed by atoms with Gasteiger partial charge in [-0.15, -0.1) is 6.42 Å². The Labute approximate surface area is 131 Å². The highest BCUT2D eigenvalue weighted by Gasteiger charge is 2.13. The highest BCUT2D eigenvalue weighted by atomic mass is 15.0. The Morgan fingerprint density at radius 2 is 1.91 bits per heavy atom. The maximum atomic E-state index is 5.54. The van der Waals surface area contributed by atoms with Crippen molar-refractivity contribution in [2.75, 3.05) is 0 Å². The van der Waals surface area contributed by atoms with Gasteiger partial charge in [-0.2, -0.15) is 0 Å². The molecule has 0 saturated heterocycles. The summed E-state index contributed by atoms with van der Waals surface area (Å²) in [6, 6.07) is 12.3. The Morgan fingerprint density at radius 1 is 1.14 bits per heavy atom. The molecule has 1 aromatic carbocycles. The minimum Gasteiger partial charge on any atom is -0.331 e. The number of rotatable bonds is 3. The Bertz CT molecular complexity index is 877. The van der Waals surface area contributed by atoms with Crippen molar-refractivity contribution in [1.29, 1.82) is 0 Å². The van der Waals surface area contributed by atoms with Crippen LogP contribution in [0.25, 0.3) is 23.1 Å². The van der Waals surface area contributed by atoms with Crippen molar-refractivity contribution in [2.24, 2.45) is 0 Å². The molecule has 2 heterocycles. The van der Waals surface area contributed by atoms with Crippen molar-refractivity contribution in [1.82, 2.24) is 9.55 Å². The van der Waals surface area contributed by atoms with Gasteiger partial charge in [-0.25, -0.2) is 0 Å². The summed E-state index contributed by atoms with van der Waals surface area (Å²) >= 11 is 0. The van der Waals surface area contributed by atoms with Crippen molar-refractivity contribution in [3.8, 4) is 12.3 Å². The number of nitrogens with zero attached hydrogens (tertiary/aromatic N) is 2. The van der Waals surface area contributed by atoms with Gasteiger partial charge in [-0.3, -0.25) is 4.98 Å². The first-order chi connectivity index (χ1) is 10.7. The molecule has 0 aliphatic carbocycles. The van der Waals surface area contributed by atoms with Crippen molar-refractivity contribution >= 4 is 23.1 Å². The van der Waals surface area contributed by atoms with Gasteiger partial charge in [0.25, 0.3) is 0 Å². The molecule has 0 aliphatic heterocycles. The molecule has 0 fully saturated rings. The lowest BCUT2D eigenvalue weighted by Gasteiger charge is -2.05. The summed E-state index contributed by atoms with van der Waals surface area (Å²) in [7, 11) is 0. The number of benzene rings is 1. The van der Waals surface area contributed by atoms with E-state index < -0.39 is 0 Å². The van der Waals surface area contributed by atoms with Crippen LogP contribution in [0.1, 0.15) is 22.5 Å². The van der Waals surface area contributed by atoms with E-state index in [-0.39, 0.29) is 0 Å². The molecule has 108 valence electrons. The van der Waals surface area contributed by atoms with Crippen LogP contribution in [-0.2, 0) is 6.54 Å². The smallest absolute Gasteiger partial charge is 0.0873 e. The van der Waals surface area contributed by atoms with Crippen LogP contribution in [0.3, 0.4) is 0 Å². The second kappa shape index (κ2) is 5.91. The molecule has 2 nitrogen and oxygen atoms in total. The molecule has 0 aliphatic rings. The summed E-state index contributed by atoms with van der Waals surface area (Å²) in [6.45, 7) is 4.81. The second-order valence-corrected chi connectivity index (χ2v) is 5.34. The predicted molar refractivity (Wildman–Crippen MR) is 93.4 cm³/mol. The number of aryl methyl sites for hydroxylation is 1. The van der Waals surface area contributed by atoms with Crippen molar-refractivity contribution in [3.05, 3.63) is 65.1 Å². The number of hydrogen-bond acceptors (Lipinski definition) is 1.